The predicted octanol–water partition coefficient (Wildman–Crippen LogP) is 1.35. The van der Waals surface area contributed by atoms with Gasteiger partial charge in [-0.3, -0.25) is 9.59 Å². The molecule has 0 bridgehead atoms. The van der Waals surface area contributed by atoms with Gasteiger partial charge in [-0.05, 0) is 37.6 Å². The average Bonchev–Trinajstić information content (AvgIpc) is 2.63. The molecule has 8 heteroatoms. The van der Waals surface area contributed by atoms with E-state index in [1.807, 2.05) is 0 Å². The summed E-state index contributed by atoms with van der Waals surface area (Å²) in [5.74, 6) is -1.02. The summed E-state index contributed by atoms with van der Waals surface area (Å²) in [6, 6.07) is 7.04. The van der Waals surface area contributed by atoms with Crippen LogP contribution in [0.5, 0.6) is 5.75 Å². The minimum Gasteiger partial charge on any atom is -0.486 e. The zero-order chi connectivity index (χ0) is 19.4. The molecule has 1 amide bonds. The number of carboxylic acid groups (broad SMARTS) is 1. The van der Waals surface area contributed by atoms with Gasteiger partial charge in [0.05, 0.1) is 18.2 Å². The van der Waals surface area contributed by atoms with Crippen molar-refractivity contribution in [2.24, 2.45) is 0 Å². The molecular formula is C19H20N2O6. The predicted molar refractivity (Wildman–Crippen MR) is 96.3 cm³/mol. The highest BCUT2D eigenvalue weighted by Crippen LogP contribution is 2.19. The lowest BCUT2D eigenvalue weighted by Gasteiger charge is -2.32. The molecular weight excluding hydrogens is 352 g/mol. The van der Waals surface area contributed by atoms with Gasteiger partial charge in [-0.15, -0.1) is 0 Å². The fourth-order valence-corrected chi connectivity index (χ4v) is 2.84. The number of pyridine rings is 1. The number of aromatic amines is 1. The van der Waals surface area contributed by atoms with Crippen molar-refractivity contribution in [1.82, 2.24) is 10.3 Å². The van der Waals surface area contributed by atoms with Crippen molar-refractivity contribution in [2.75, 3.05) is 13.2 Å². The van der Waals surface area contributed by atoms with Gasteiger partial charge >= 0.3 is 5.97 Å². The van der Waals surface area contributed by atoms with E-state index in [1.54, 1.807) is 19.1 Å². The summed E-state index contributed by atoms with van der Waals surface area (Å²) in [4.78, 5) is 38.2. The fourth-order valence-electron chi connectivity index (χ4n) is 2.84. The number of hydrogen-bond acceptors (Lipinski definition) is 5. The van der Waals surface area contributed by atoms with Gasteiger partial charge in [-0.25, -0.2) is 4.79 Å². The molecule has 142 valence electrons. The second kappa shape index (κ2) is 8.05. The zero-order valence-electron chi connectivity index (χ0n) is 14.7. The Morgan fingerprint density at radius 1 is 1.30 bits per heavy atom. The molecule has 2 atom stereocenters. The molecule has 1 aliphatic rings. The Kier molecular flexibility index (Phi) is 5.56. The van der Waals surface area contributed by atoms with Crippen LogP contribution in [0, 0.1) is 6.92 Å². The summed E-state index contributed by atoms with van der Waals surface area (Å²) in [6.45, 7) is 2.48. The number of H-pyrrole nitrogens is 1. The highest BCUT2D eigenvalue weighted by atomic mass is 16.5. The molecule has 1 aromatic heterocycles. The molecule has 1 aliphatic heterocycles. The summed E-state index contributed by atoms with van der Waals surface area (Å²) < 4.78 is 11.3. The number of hydrogen-bond donors (Lipinski definition) is 3. The Morgan fingerprint density at radius 3 is 2.70 bits per heavy atom. The van der Waals surface area contributed by atoms with E-state index in [-0.39, 0.29) is 29.2 Å². The summed E-state index contributed by atoms with van der Waals surface area (Å²) in [6.07, 6.45) is 1.48. The molecule has 1 saturated heterocycles. The third kappa shape index (κ3) is 4.53. The number of ether oxygens (including phenoxy) is 2. The molecule has 3 rings (SSSR count). The molecule has 3 N–H and O–H groups in total. The van der Waals surface area contributed by atoms with Crippen molar-refractivity contribution in [3.63, 3.8) is 0 Å². The van der Waals surface area contributed by atoms with Crippen LogP contribution < -0.4 is 15.5 Å². The summed E-state index contributed by atoms with van der Waals surface area (Å²) in [5.41, 5.74) is 0.522. The maximum Gasteiger partial charge on any atom is 0.335 e. The smallest absolute Gasteiger partial charge is 0.335 e. The molecule has 27 heavy (non-hydrogen) atoms. The third-order valence-electron chi connectivity index (χ3n) is 4.31. The third-order valence-corrected chi connectivity index (χ3v) is 4.31. The second-order valence-electron chi connectivity index (χ2n) is 6.32. The standard InChI is InChI=1S/C19H20N2O6/c1-11-8-16(22)14(9-20-11)18(23)21-15-6-7-26-10-17(15)27-13-4-2-12(3-5-13)19(24)25/h2-5,8-9,15,17H,6-7,10H2,1H3,(H,20,22)(H,21,23)(H,24,25)/t15-,17-/m1/s1. The van der Waals surface area contributed by atoms with Crippen molar-refractivity contribution >= 4 is 11.9 Å². The van der Waals surface area contributed by atoms with Crippen LogP contribution in [0.1, 0.15) is 32.8 Å². The highest BCUT2D eigenvalue weighted by molar-refractivity contribution is 5.94. The number of carbonyl (C=O) groups is 2. The maximum atomic E-state index is 12.5. The van der Waals surface area contributed by atoms with Gasteiger partial charge in [0.1, 0.15) is 17.4 Å². The summed E-state index contributed by atoms with van der Waals surface area (Å²) in [7, 11) is 0. The van der Waals surface area contributed by atoms with E-state index in [2.05, 4.69) is 10.3 Å². The van der Waals surface area contributed by atoms with Gasteiger partial charge < -0.3 is 24.9 Å². The number of aromatic nitrogens is 1. The maximum absolute atomic E-state index is 12.5. The van der Waals surface area contributed by atoms with Gasteiger partial charge in [0.25, 0.3) is 5.91 Å². The Balaban J connectivity index is 1.70. The Hall–Kier alpha value is -3.13. The van der Waals surface area contributed by atoms with Crippen LogP contribution in [0.2, 0.25) is 0 Å². The van der Waals surface area contributed by atoms with Gasteiger partial charge in [-0.1, -0.05) is 0 Å². The van der Waals surface area contributed by atoms with Gasteiger partial charge in [-0.2, -0.15) is 0 Å². The van der Waals surface area contributed by atoms with E-state index in [0.29, 0.717) is 24.5 Å². The van der Waals surface area contributed by atoms with E-state index in [0.717, 1.165) is 0 Å². The van der Waals surface area contributed by atoms with E-state index in [1.165, 1.54) is 24.4 Å². The van der Waals surface area contributed by atoms with Crippen LogP contribution in [0.15, 0.2) is 41.3 Å². The lowest BCUT2D eigenvalue weighted by atomic mass is 10.1. The van der Waals surface area contributed by atoms with Gasteiger partial charge in [0, 0.05) is 24.6 Å². The van der Waals surface area contributed by atoms with Crippen molar-refractivity contribution < 1.29 is 24.2 Å². The van der Waals surface area contributed by atoms with Crippen LogP contribution in [-0.2, 0) is 4.74 Å². The normalized spacial score (nSPS) is 19.3. The Labute approximate surface area is 155 Å². The summed E-state index contributed by atoms with van der Waals surface area (Å²) >= 11 is 0. The first-order valence-electron chi connectivity index (χ1n) is 8.52. The minimum absolute atomic E-state index is 0.0386. The SMILES string of the molecule is Cc1cc(=O)c(C(=O)N[C@@H]2CCOC[C@H]2Oc2ccc(C(=O)O)cc2)c[nH]1. The molecule has 2 aromatic rings. The average molecular weight is 372 g/mol. The number of aromatic carboxylic acids is 1. The van der Waals surface area contributed by atoms with Crippen LogP contribution in [0.25, 0.3) is 0 Å². The zero-order valence-corrected chi connectivity index (χ0v) is 14.7. The van der Waals surface area contributed by atoms with Crippen LogP contribution >= 0.6 is 0 Å². The van der Waals surface area contributed by atoms with E-state index < -0.39 is 18.0 Å². The Morgan fingerprint density at radius 2 is 2.04 bits per heavy atom. The largest absolute Gasteiger partial charge is 0.486 e. The lowest BCUT2D eigenvalue weighted by Crippen LogP contribution is -2.52. The number of aryl methyl sites for hydroxylation is 1. The molecule has 0 aliphatic carbocycles. The van der Waals surface area contributed by atoms with Crippen LogP contribution in [-0.4, -0.2) is 47.3 Å². The van der Waals surface area contributed by atoms with E-state index in [4.69, 9.17) is 14.6 Å². The number of rotatable bonds is 5. The van der Waals surface area contributed by atoms with Crippen LogP contribution in [0.4, 0.5) is 0 Å². The molecule has 0 spiro atoms. The first-order chi connectivity index (χ1) is 12.9. The van der Waals surface area contributed by atoms with Crippen molar-refractivity contribution in [1.29, 1.82) is 0 Å². The van der Waals surface area contributed by atoms with E-state index in [9.17, 15) is 14.4 Å². The monoisotopic (exact) mass is 372 g/mol. The number of benzene rings is 1. The Bertz CT molecular complexity index is 890. The minimum atomic E-state index is -1.02. The van der Waals surface area contributed by atoms with Gasteiger partial charge in [0.2, 0.25) is 0 Å². The van der Waals surface area contributed by atoms with Crippen molar-refractivity contribution in [2.45, 2.75) is 25.5 Å². The molecule has 0 saturated carbocycles. The quantitative estimate of drug-likeness (QED) is 0.729. The first kappa shape index (κ1) is 18.7. The lowest BCUT2D eigenvalue weighted by molar-refractivity contribution is -0.0135. The molecule has 0 radical (unpaired) electrons. The van der Waals surface area contributed by atoms with E-state index >= 15 is 0 Å². The van der Waals surface area contributed by atoms with Crippen LogP contribution in [0.3, 0.4) is 0 Å². The topological polar surface area (TPSA) is 118 Å². The number of nitrogens with one attached hydrogen (secondary N) is 2. The molecule has 8 nitrogen and oxygen atoms in total. The van der Waals surface area contributed by atoms with Crippen molar-refractivity contribution in [3.05, 3.63) is 63.6 Å². The number of carbonyl (C=O) groups excluding carboxylic acids is 1. The number of amides is 1. The molecule has 2 heterocycles. The number of carboxylic acids is 1. The summed E-state index contributed by atoms with van der Waals surface area (Å²) in [5, 5.41) is 11.8. The fraction of sp³-hybridized carbons (Fsp3) is 0.316. The second-order valence-corrected chi connectivity index (χ2v) is 6.32. The molecule has 1 aromatic carbocycles. The first-order valence-corrected chi connectivity index (χ1v) is 8.52. The van der Waals surface area contributed by atoms with Crippen molar-refractivity contribution in [3.8, 4) is 5.75 Å². The molecule has 0 unspecified atom stereocenters. The van der Waals surface area contributed by atoms with Gasteiger partial charge in [0.15, 0.2) is 5.43 Å². The molecule has 1 fully saturated rings. The highest BCUT2D eigenvalue weighted by Gasteiger charge is 2.29.